The molecule has 0 fully saturated rings. The van der Waals surface area contributed by atoms with Gasteiger partial charge in [0.1, 0.15) is 6.10 Å². The first-order valence-electron chi connectivity index (χ1n) is 5.68. The standard InChI is InChI=1S/C13H19NO4/c1-17-8-12(18-2)10-6-4-3-5-9(10)11(14)7-13(15)16/h3-6,11-12H,7-8,14H2,1-2H3,(H,15,16). The number of aliphatic carboxylic acids is 1. The number of nitrogens with two attached hydrogens (primary N) is 1. The van der Waals surface area contributed by atoms with E-state index < -0.39 is 12.0 Å². The van der Waals surface area contributed by atoms with E-state index in [0.717, 1.165) is 11.1 Å². The van der Waals surface area contributed by atoms with Crippen molar-refractivity contribution in [1.29, 1.82) is 0 Å². The Hall–Kier alpha value is -1.43. The Morgan fingerprint density at radius 3 is 2.44 bits per heavy atom. The second-order valence-electron chi connectivity index (χ2n) is 4.01. The van der Waals surface area contributed by atoms with Crippen LogP contribution in [-0.4, -0.2) is 31.9 Å². The summed E-state index contributed by atoms with van der Waals surface area (Å²) in [6.45, 7) is 0.396. The zero-order valence-corrected chi connectivity index (χ0v) is 10.6. The van der Waals surface area contributed by atoms with E-state index in [1.807, 2.05) is 24.3 Å². The number of hydrogen-bond acceptors (Lipinski definition) is 4. The topological polar surface area (TPSA) is 81.8 Å². The molecule has 1 aromatic carbocycles. The Bertz CT molecular complexity index is 394. The lowest BCUT2D eigenvalue weighted by Gasteiger charge is -2.21. The number of methoxy groups -OCH3 is 2. The molecule has 0 aromatic heterocycles. The fraction of sp³-hybridized carbons (Fsp3) is 0.462. The van der Waals surface area contributed by atoms with Crippen molar-refractivity contribution < 1.29 is 19.4 Å². The number of carboxylic acid groups (broad SMARTS) is 1. The molecule has 2 unspecified atom stereocenters. The maximum atomic E-state index is 10.7. The van der Waals surface area contributed by atoms with Gasteiger partial charge in [-0.2, -0.15) is 0 Å². The number of ether oxygens (including phenoxy) is 2. The van der Waals surface area contributed by atoms with E-state index in [1.165, 1.54) is 0 Å². The van der Waals surface area contributed by atoms with Gasteiger partial charge in [-0.25, -0.2) is 0 Å². The Labute approximate surface area is 107 Å². The van der Waals surface area contributed by atoms with Crippen LogP contribution in [0.3, 0.4) is 0 Å². The van der Waals surface area contributed by atoms with Crippen molar-refractivity contribution in [3.05, 3.63) is 35.4 Å². The number of rotatable bonds is 7. The molecular formula is C13H19NO4. The van der Waals surface area contributed by atoms with Crippen molar-refractivity contribution in [3.8, 4) is 0 Å². The molecule has 0 aliphatic heterocycles. The zero-order chi connectivity index (χ0) is 13.5. The van der Waals surface area contributed by atoms with Gasteiger partial charge in [-0.1, -0.05) is 24.3 Å². The molecule has 0 radical (unpaired) electrons. The minimum absolute atomic E-state index is 0.111. The van der Waals surface area contributed by atoms with Gasteiger partial charge in [-0.05, 0) is 11.1 Å². The average molecular weight is 253 g/mol. The maximum Gasteiger partial charge on any atom is 0.305 e. The first-order valence-corrected chi connectivity index (χ1v) is 5.68. The summed E-state index contributed by atoms with van der Waals surface area (Å²) >= 11 is 0. The summed E-state index contributed by atoms with van der Waals surface area (Å²) in [6.07, 6.45) is -0.355. The predicted molar refractivity (Wildman–Crippen MR) is 67.2 cm³/mol. The number of carbonyl (C=O) groups is 1. The van der Waals surface area contributed by atoms with Crippen molar-refractivity contribution >= 4 is 5.97 Å². The van der Waals surface area contributed by atoms with Gasteiger partial charge >= 0.3 is 5.97 Å². The molecule has 0 aliphatic rings. The Kier molecular flexibility index (Phi) is 5.77. The van der Waals surface area contributed by atoms with Crippen LogP contribution in [0, 0.1) is 0 Å². The summed E-state index contributed by atoms with van der Waals surface area (Å²) in [5, 5.41) is 8.80. The van der Waals surface area contributed by atoms with Gasteiger partial charge in [0.05, 0.1) is 13.0 Å². The summed E-state index contributed by atoms with van der Waals surface area (Å²) in [5.74, 6) is -0.919. The number of carboxylic acids is 1. The van der Waals surface area contributed by atoms with Crippen LogP contribution >= 0.6 is 0 Å². The predicted octanol–water partition coefficient (Wildman–Crippen LogP) is 1.50. The van der Waals surface area contributed by atoms with Crippen molar-refractivity contribution in [3.63, 3.8) is 0 Å². The van der Waals surface area contributed by atoms with E-state index in [-0.39, 0.29) is 12.5 Å². The third-order valence-electron chi connectivity index (χ3n) is 2.74. The van der Waals surface area contributed by atoms with Crippen LogP contribution in [0.25, 0.3) is 0 Å². The molecule has 18 heavy (non-hydrogen) atoms. The molecule has 1 aromatic rings. The Morgan fingerprint density at radius 1 is 1.33 bits per heavy atom. The zero-order valence-electron chi connectivity index (χ0n) is 10.6. The van der Waals surface area contributed by atoms with Crippen LogP contribution in [0.4, 0.5) is 0 Å². The molecule has 1 rings (SSSR count). The highest BCUT2D eigenvalue weighted by Gasteiger charge is 2.19. The average Bonchev–Trinajstić information content (AvgIpc) is 2.35. The van der Waals surface area contributed by atoms with E-state index >= 15 is 0 Å². The molecule has 5 nitrogen and oxygen atoms in total. The van der Waals surface area contributed by atoms with Crippen LogP contribution in [0.15, 0.2) is 24.3 Å². The molecule has 5 heteroatoms. The van der Waals surface area contributed by atoms with Crippen molar-refractivity contribution in [1.82, 2.24) is 0 Å². The Balaban J connectivity index is 3.00. The van der Waals surface area contributed by atoms with Crippen molar-refractivity contribution in [2.24, 2.45) is 5.73 Å². The van der Waals surface area contributed by atoms with Crippen molar-refractivity contribution in [2.75, 3.05) is 20.8 Å². The van der Waals surface area contributed by atoms with E-state index in [9.17, 15) is 4.79 Å². The summed E-state index contributed by atoms with van der Waals surface area (Å²) in [4.78, 5) is 10.7. The van der Waals surface area contributed by atoms with E-state index in [2.05, 4.69) is 0 Å². The highest BCUT2D eigenvalue weighted by molar-refractivity contribution is 5.68. The SMILES string of the molecule is COCC(OC)c1ccccc1C(N)CC(=O)O. The molecule has 2 atom stereocenters. The lowest BCUT2D eigenvalue weighted by Crippen LogP contribution is -2.19. The molecule has 0 amide bonds. The molecule has 100 valence electrons. The third kappa shape index (κ3) is 3.80. The van der Waals surface area contributed by atoms with Crippen LogP contribution in [0.2, 0.25) is 0 Å². The van der Waals surface area contributed by atoms with Crippen LogP contribution in [0.1, 0.15) is 29.7 Å². The summed E-state index contributed by atoms with van der Waals surface area (Å²) < 4.78 is 10.4. The van der Waals surface area contributed by atoms with Gasteiger partial charge in [0.25, 0.3) is 0 Å². The highest BCUT2D eigenvalue weighted by Crippen LogP contribution is 2.26. The van der Waals surface area contributed by atoms with Crippen LogP contribution in [-0.2, 0) is 14.3 Å². The Morgan fingerprint density at radius 2 is 1.94 bits per heavy atom. The first-order chi connectivity index (χ1) is 8.60. The van der Waals surface area contributed by atoms with Crippen LogP contribution in [0.5, 0.6) is 0 Å². The monoisotopic (exact) mass is 253 g/mol. The minimum Gasteiger partial charge on any atom is -0.481 e. The highest BCUT2D eigenvalue weighted by atomic mass is 16.5. The molecule has 0 heterocycles. The number of hydrogen-bond donors (Lipinski definition) is 2. The lowest BCUT2D eigenvalue weighted by molar-refractivity contribution is -0.137. The molecule has 0 spiro atoms. The first kappa shape index (κ1) is 14.6. The van der Waals surface area contributed by atoms with E-state index in [1.54, 1.807) is 14.2 Å². The van der Waals surface area contributed by atoms with Crippen LogP contribution < -0.4 is 5.73 Å². The number of benzene rings is 1. The molecule has 3 N–H and O–H groups in total. The van der Waals surface area contributed by atoms with Crippen molar-refractivity contribution in [2.45, 2.75) is 18.6 Å². The molecule has 0 saturated carbocycles. The maximum absolute atomic E-state index is 10.7. The molecule has 0 aliphatic carbocycles. The van der Waals surface area contributed by atoms with E-state index in [4.69, 9.17) is 20.3 Å². The molecule has 0 saturated heterocycles. The third-order valence-corrected chi connectivity index (χ3v) is 2.74. The van der Waals surface area contributed by atoms with Gasteiger partial charge in [-0.15, -0.1) is 0 Å². The molecule has 0 bridgehead atoms. The van der Waals surface area contributed by atoms with Gasteiger partial charge in [0.2, 0.25) is 0 Å². The fourth-order valence-corrected chi connectivity index (χ4v) is 1.88. The second kappa shape index (κ2) is 7.10. The fourth-order valence-electron chi connectivity index (χ4n) is 1.88. The second-order valence-corrected chi connectivity index (χ2v) is 4.01. The molecular weight excluding hydrogens is 234 g/mol. The van der Waals surface area contributed by atoms with Gasteiger partial charge in [0, 0.05) is 20.3 Å². The summed E-state index contributed by atoms with van der Waals surface area (Å²) in [7, 11) is 3.18. The largest absolute Gasteiger partial charge is 0.481 e. The quantitative estimate of drug-likeness (QED) is 0.769. The normalized spacial score (nSPS) is 14.2. The smallest absolute Gasteiger partial charge is 0.305 e. The van der Waals surface area contributed by atoms with E-state index in [0.29, 0.717) is 6.61 Å². The summed E-state index contributed by atoms with van der Waals surface area (Å²) in [6, 6.07) is 6.86. The minimum atomic E-state index is -0.919. The van der Waals surface area contributed by atoms with Gasteiger partial charge in [-0.3, -0.25) is 4.79 Å². The summed E-state index contributed by atoms with van der Waals surface area (Å²) in [5.41, 5.74) is 7.56. The van der Waals surface area contributed by atoms with Gasteiger partial charge in [0.15, 0.2) is 0 Å². The lowest BCUT2D eigenvalue weighted by atomic mass is 9.95. The van der Waals surface area contributed by atoms with Gasteiger partial charge < -0.3 is 20.3 Å².